The van der Waals surface area contributed by atoms with Gasteiger partial charge in [0.2, 0.25) is 0 Å². The van der Waals surface area contributed by atoms with Gasteiger partial charge in [-0.3, -0.25) is 9.59 Å². The predicted molar refractivity (Wildman–Crippen MR) is 121 cm³/mol. The van der Waals surface area contributed by atoms with Gasteiger partial charge in [-0.05, 0) is 49.9 Å². The van der Waals surface area contributed by atoms with Crippen LogP contribution in [-0.2, 0) is 0 Å². The highest BCUT2D eigenvalue weighted by Gasteiger charge is 2.20. The number of hydrogen-bond acceptors (Lipinski definition) is 3. The van der Waals surface area contributed by atoms with Crippen LogP contribution in [0.2, 0.25) is 6.32 Å². The maximum Gasteiger partial charge on any atom is 0.275 e. The average molecular weight is 382 g/mol. The molecule has 2 aromatic rings. The van der Waals surface area contributed by atoms with Crippen molar-refractivity contribution >= 4 is 33.8 Å². The number of imide groups is 1. The van der Waals surface area contributed by atoms with Crippen molar-refractivity contribution in [1.82, 2.24) is 5.01 Å². The summed E-state index contributed by atoms with van der Waals surface area (Å²) in [6.07, 6.45) is 10.2. The topological polar surface area (TPSA) is 63.4 Å². The molecule has 1 saturated carbocycles. The monoisotopic (exact) mass is 382 g/mol. The minimum absolute atomic E-state index is 0.379. The lowest BCUT2D eigenvalue weighted by Crippen LogP contribution is -2.42. The zero-order valence-electron chi connectivity index (χ0n) is 16.7. The average Bonchev–Trinajstić information content (AvgIpc) is 2.80. The van der Waals surface area contributed by atoms with Gasteiger partial charge in [0.25, 0.3) is 11.8 Å². The van der Waals surface area contributed by atoms with Crippen molar-refractivity contribution in [3.05, 3.63) is 83.4 Å². The summed E-state index contributed by atoms with van der Waals surface area (Å²) in [7, 11) is 8.86. The van der Waals surface area contributed by atoms with Gasteiger partial charge in [-0.15, -0.1) is 0 Å². The van der Waals surface area contributed by atoms with Crippen LogP contribution >= 0.6 is 0 Å². The number of nitrogens with zero attached hydrogens (tertiary/aromatic N) is 1. The van der Waals surface area contributed by atoms with Crippen LogP contribution in [-0.4, -0.2) is 38.8 Å². The Morgan fingerprint density at radius 1 is 0.897 bits per heavy atom. The zero-order chi connectivity index (χ0) is 20.9. The summed E-state index contributed by atoms with van der Waals surface area (Å²) in [5.74, 6) is 4.51. The molecule has 0 spiro atoms. The number of carbonyl (C=O) groups excluding carboxylic acids is 2. The number of rotatable bonds is 5. The number of allylic oxidation sites excluding steroid dienone is 2. The molecule has 0 aromatic heterocycles. The minimum atomic E-state index is -0.524. The van der Waals surface area contributed by atoms with Crippen LogP contribution in [0, 0.1) is 0 Å². The highest BCUT2D eigenvalue weighted by molar-refractivity contribution is 7.23. The van der Waals surface area contributed by atoms with E-state index in [1.807, 2.05) is 7.17 Å². The molecule has 144 valence electrons. The van der Waals surface area contributed by atoms with Gasteiger partial charge in [-0.2, -0.15) is 0 Å². The van der Waals surface area contributed by atoms with Crippen LogP contribution in [0.5, 0.6) is 0 Å². The molecule has 7 heteroatoms. The molecule has 0 aliphatic heterocycles. The number of benzene rings is 2. The zero-order valence-corrected chi connectivity index (χ0v) is 16.7. The number of carbonyl (C=O) groups is 2. The Bertz CT molecular complexity index is 739. The number of hydrogen-bond donors (Lipinski definition) is 1. The van der Waals surface area contributed by atoms with Gasteiger partial charge in [0.05, 0.1) is 7.17 Å². The molecule has 2 N–H and O–H groups in total. The summed E-state index contributed by atoms with van der Waals surface area (Å²) in [6.45, 7) is 0. The minimum Gasteiger partial charge on any atom is -0.267 e. The van der Waals surface area contributed by atoms with Crippen LogP contribution in [0.3, 0.4) is 0 Å². The first kappa shape index (κ1) is 22.8. The summed E-state index contributed by atoms with van der Waals surface area (Å²) in [6, 6.07) is 16.9. The third-order valence-electron chi connectivity index (χ3n) is 4.65. The van der Waals surface area contributed by atoms with Gasteiger partial charge in [-0.1, -0.05) is 60.8 Å². The molecule has 2 amide bonds. The van der Waals surface area contributed by atoms with Gasteiger partial charge in [0, 0.05) is 25.9 Å². The third kappa shape index (κ3) is 7.78. The van der Waals surface area contributed by atoms with Gasteiger partial charge >= 0.3 is 0 Å². The molecule has 29 heavy (non-hydrogen) atoms. The first-order chi connectivity index (χ1) is 14.1. The number of amides is 2. The van der Waals surface area contributed by atoms with Crippen molar-refractivity contribution in [3.8, 4) is 0 Å². The van der Waals surface area contributed by atoms with Gasteiger partial charge in [0.15, 0.2) is 0 Å². The Morgan fingerprint density at radius 2 is 1.38 bits per heavy atom. The smallest absolute Gasteiger partial charge is 0.267 e. The normalized spacial score (nSPS) is 12.8. The van der Waals surface area contributed by atoms with E-state index in [1.54, 1.807) is 73.3 Å². The van der Waals surface area contributed by atoms with Crippen molar-refractivity contribution < 1.29 is 9.59 Å². The summed E-state index contributed by atoms with van der Waals surface area (Å²) in [5.41, 5.74) is 2.39. The molecule has 0 heterocycles. The molecule has 1 aliphatic rings. The molecule has 1 fully saturated rings. The van der Waals surface area contributed by atoms with E-state index < -0.39 is 11.8 Å². The highest BCUT2D eigenvalue weighted by atomic mass is 16.2. The molecule has 3 rings (SSSR count). The fraction of sp³-hybridized carbons (Fsp3) is 0.273. The van der Waals surface area contributed by atoms with Gasteiger partial charge in [0.1, 0.15) is 0 Å². The quantitative estimate of drug-likeness (QED) is 0.164. The van der Waals surface area contributed by atoms with Gasteiger partial charge < -0.3 is 0 Å². The van der Waals surface area contributed by atoms with E-state index in [9.17, 15) is 9.59 Å². The molecule has 1 aliphatic carbocycles. The molecule has 0 atom stereocenters. The Kier molecular flexibility index (Phi) is 10.1. The van der Waals surface area contributed by atoms with Crippen LogP contribution in [0.15, 0.2) is 72.3 Å². The molecule has 2 aromatic carbocycles. The van der Waals surface area contributed by atoms with E-state index in [-0.39, 0.29) is 0 Å². The Balaban J connectivity index is 0.000000234. The lowest BCUT2D eigenvalue weighted by Gasteiger charge is -2.14. The Hall–Kier alpha value is -2.53. The van der Waals surface area contributed by atoms with E-state index in [1.165, 1.54) is 32.1 Å². The second-order valence-electron chi connectivity index (χ2n) is 6.80. The molecular weight excluding hydrogens is 357 g/mol. The fourth-order valence-corrected chi connectivity index (χ4v) is 3.06. The van der Waals surface area contributed by atoms with Crippen LogP contribution in [0.4, 0.5) is 0 Å². The van der Waals surface area contributed by atoms with Crippen molar-refractivity contribution in [2.24, 2.45) is 5.84 Å². The molecule has 4 nitrogen and oxygen atoms in total. The molecule has 4 radical (unpaired) electrons. The van der Waals surface area contributed by atoms with E-state index in [2.05, 4.69) is 6.08 Å². The molecule has 0 saturated heterocycles. The second-order valence-corrected chi connectivity index (χ2v) is 6.80. The maximum absolute atomic E-state index is 11.9. The molecular formula is C22H25B3N2O2. The summed E-state index contributed by atoms with van der Waals surface area (Å²) < 4.78 is 0. The van der Waals surface area contributed by atoms with Crippen molar-refractivity contribution in [1.29, 1.82) is 0 Å². The lowest BCUT2D eigenvalue weighted by molar-refractivity contribution is 0.0615. The molecule has 0 unspecified atom stereocenters. The number of nitrogens with two attached hydrogens (primary N) is 1. The first-order valence-corrected chi connectivity index (χ1v) is 9.91. The van der Waals surface area contributed by atoms with E-state index in [0.717, 1.165) is 6.32 Å². The van der Waals surface area contributed by atoms with Crippen LogP contribution < -0.4 is 5.84 Å². The Labute approximate surface area is 176 Å². The standard InChI is InChI=1S/C14H12N2O2.C8H13B3/c15-16(13(17)11-7-3-1-4-8-11)14(18)12-9-5-2-6-10-12;9-11-10-7-6-8-4-2-1-3-5-8/h1-10H,15H2;6H,1-5,7H2. The van der Waals surface area contributed by atoms with Crippen molar-refractivity contribution in [2.45, 2.75) is 38.4 Å². The Morgan fingerprint density at radius 3 is 1.83 bits per heavy atom. The largest absolute Gasteiger partial charge is 0.275 e. The third-order valence-corrected chi connectivity index (χ3v) is 4.65. The summed E-state index contributed by atoms with van der Waals surface area (Å²) >= 11 is 0. The fourth-order valence-electron chi connectivity index (χ4n) is 3.06. The van der Waals surface area contributed by atoms with E-state index >= 15 is 0 Å². The van der Waals surface area contributed by atoms with Crippen molar-refractivity contribution in [3.63, 3.8) is 0 Å². The maximum atomic E-state index is 11.9. The second kappa shape index (κ2) is 12.8. The predicted octanol–water partition coefficient (Wildman–Crippen LogP) is 3.55. The summed E-state index contributed by atoms with van der Waals surface area (Å²) in [4.78, 5) is 23.9. The number of hydrazine groups is 1. The van der Waals surface area contributed by atoms with E-state index in [4.69, 9.17) is 13.6 Å². The van der Waals surface area contributed by atoms with Crippen molar-refractivity contribution in [2.75, 3.05) is 0 Å². The summed E-state index contributed by atoms with van der Waals surface area (Å²) in [5, 5.41) is 0.630. The highest BCUT2D eigenvalue weighted by Crippen LogP contribution is 2.22. The SMILES string of the molecule is NN(C(=O)c1ccccc1)C(=O)c1ccccc1.[B][B][B]CC=C1CCCCC1. The van der Waals surface area contributed by atoms with Crippen LogP contribution in [0.1, 0.15) is 52.8 Å². The van der Waals surface area contributed by atoms with Gasteiger partial charge in [-0.25, -0.2) is 10.9 Å². The van der Waals surface area contributed by atoms with Crippen LogP contribution in [0.25, 0.3) is 0 Å². The molecule has 0 bridgehead atoms. The van der Waals surface area contributed by atoms with E-state index in [0.29, 0.717) is 16.1 Å². The first-order valence-electron chi connectivity index (χ1n) is 9.91. The lowest BCUT2D eigenvalue weighted by atomic mass is 9.27.